The Morgan fingerprint density at radius 3 is 3.19 bits per heavy atom. The molecule has 2 aliphatic rings. The highest BCUT2D eigenvalue weighted by Gasteiger charge is 2.35. The molecule has 1 aromatic carbocycles. The van der Waals surface area contributed by atoms with Gasteiger partial charge in [0, 0.05) is 19.0 Å². The molecular formula is C12H13NO3. The zero-order chi connectivity index (χ0) is 11.1. The maximum Gasteiger partial charge on any atom is 0.342 e. The van der Waals surface area contributed by atoms with E-state index in [4.69, 9.17) is 9.47 Å². The van der Waals surface area contributed by atoms with Crippen molar-refractivity contribution in [2.45, 2.75) is 19.1 Å². The number of hydrogen-bond donors (Lipinski definition) is 0. The molecule has 84 valence electrons. The van der Waals surface area contributed by atoms with Crippen LogP contribution in [-0.4, -0.2) is 25.9 Å². The molecule has 0 spiro atoms. The van der Waals surface area contributed by atoms with Gasteiger partial charge in [-0.25, -0.2) is 4.79 Å². The molecule has 1 saturated heterocycles. The van der Waals surface area contributed by atoms with Crippen LogP contribution in [0.15, 0.2) is 18.2 Å². The van der Waals surface area contributed by atoms with E-state index in [-0.39, 0.29) is 12.2 Å². The lowest BCUT2D eigenvalue weighted by molar-refractivity contribution is 0.0292. The fourth-order valence-electron chi connectivity index (χ4n) is 2.37. The summed E-state index contributed by atoms with van der Waals surface area (Å²) in [6, 6.07) is 5.47. The minimum Gasteiger partial charge on any atom is -0.497 e. The van der Waals surface area contributed by atoms with Crippen LogP contribution in [0.1, 0.15) is 23.2 Å². The molecule has 1 atom stereocenters. The summed E-state index contributed by atoms with van der Waals surface area (Å²) in [5, 5.41) is 0. The molecule has 0 amide bonds. The number of ether oxygens (including phenoxy) is 2. The van der Waals surface area contributed by atoms with Gasteiger partial charge in [-0.15, -0.1) is 0 Å². The van der Waals surface area contributed by atoms with Crippen molar-refractivity contribution >= 4 is 11.7 Å². The van der Waals surface area contributed by atoms with Gasteiger partial charge in [-0.05, 0) is 18.6 Å². The first-order chi connectivity index (χ1) is 7.79. The number of anilines is 1. The number of hydrogen-bond acceptors (Lipinski definition) is 4. The fraction of sp³-hybridized carbons (Fsp3) is 0.417. The quantitative estimate of drug-likeness (QED) is 0.675. The number of nitrogens with zero attached hydrogens (tertiary/aromatic N) is 1. The number of esters is 1. The molecule has 2 aliphatic heterocycles. The van der Waals surface area contributed by atoms with Gasteiger partial charge in [-0.2, -0.15) is 0 Å². The molecule has 0 aliphatic carbocycles. The monoisotopic (exact) mass is 219 g/mol. The van der Waals surface area contributed by atoms with Crippen molar-refractivity contribution in [3.05, 3.63) is 23.8 Å². The van der Waals surface area contributed by atoms with E-state index in [2.05, 4.69) is 4.90 Å². The maximum absolute atomic E-state index is 11.7. The number of methoxy groups -OCH3 is 1. The number of rotatable bonds is 1. The third-order valence-corrected chi connectivity index (χ3v) is 3.18. The summed E-state index contributed by atoms with van der Waals surface area (Å²) in [5.41, 5.74) is 1.58. The average Bonchev–Trinajstić information content (AvgIpc) is 2.76. The molecule has 1 fully saturated rings. The van der Waals surface area contributed by atoms with Crippen molar-refractivity contribution in [1.29, 1.82) is 0 Å². The number of carbonyl (C=O) groups excluding carboxylic acids is 1. The highest BCUT2D eigenvalue weighted by Crippen LogP contribution is 2.36. The minimum atomic E-state index is -0.221. The van der Waals surface area contributed by atoms with Crippen LogP contribution >= 0.6 is 0 Å². The van der Waals surface area contributed by atoms with E-state index in [0.29, 0.717) is 5.56 Å². The predicted molar refractivity (Wildman–Crippen MR) is 58.8 cm³/mol. The Labute approximate surface area is 93.8 Å². The summed E-state index contributed by atoms with van der Waals surface area (Å²) in [4.78, 5) is 13.9. The van der Waals surface area contributed by atoms with Crippen LogP contribution < -0.4 is 9.64 Å². The molecule has 0 saturated carbocycles. The van der Waals surface area contributed by atoms with E-state index >= 15 is 0 Å². The zero-order valence-electron chi connectivity index (χ0n) is 9.10. The Morgan fingerprint density at radius 1 is 1.50 bits per heavy atom. The summed E-state index contributed by atoms with van der Waals surface area (Å²) >= 11 is 0. The van der Waals surface area contributed by atoms with E-state index in [1.54, 1.807) is 19.2 Å². The first kappa shape index (κ1) is 9.51. The van der Waals surface area contributed by atoms with Crippen molar-refractivity contribution in [2.75, 3.05) is 18.6 Å². The average molecular weight is 219 g/mol. The highest BCUT2D eigenvalue weighted by molar-refractivity contribution is 5.98. The summed E-state index contributed by atoms with van der Waals surface area (Å²) in [5.74, 6) is 0.555. The lowest BCUT2D eigenvalue weighted by atomic mass is 10.1. The standard InChI is InChI=1S/C12H13NO3/c1-15-8-4-5-9-10(7-8)13-6-2-3-11(13)16-12(9)14/h4-5,7,11H,2-3,6H2,1H3. The molecule has 0 aromatic heterocycles. The van der Waals surface area contributed by atoms with Gasteiger partial charge in [0.15, 0.2) is 6.23 Å². The van der Waals surface area contributed by atoms with Gasteiger partial charge in [0.1, 0.15) is 5.75 Å². The molecule has 3 rings (SSSR count). The second-order valence-electron chi connectivity index (χ2n) is 4.08. The molecule has 4 nitrogen and oxygen atoms in total. The molecule has 1 aromatic rings. The van der Waals surface area contributed by atoms with Gasteiger partial charge in [-0.3, -0.25) is 0 Å². The van der Waals surface area contributed by atoms with Gasteiger partial charge < -0.3 is 14.4 Å². The van der Waals surface area contributed by atoms with Crippen LogP contribution in [0.25, 0.3) is 0 Å². The Morgan fingerprint density at radius 2 is 2.38 bits per heavy atom. The minimum absolute atomic E-state index is 0.0768. The number of carbonyl (C=O) groups is 1. The zero-order valence-corrected chi connectivity index (χ0v) is 9.10. The van der Waals surface area contributed by atoms with Gasteiger partial charge in [0.25, 0.3) is 0 Å². The SMILES string of the molecule is COc1ccc2c(c1)N1CCCC1OC2=O. The molecule has 16 heavy (non-hydrogen) atoms. The Balaban J connectivity index is 2.10. The lowest BCUT2D eigenvalue weighted by Gasteiger charge is -2.32. The molecule has 2 heterocycles. The number of fused-ring (bicyclic) bond motifs is 3. The molecular weight excluding hydrogens is 206 g/mol. The van der Waals surface area contributed by atoms with Gasteiger partial charge >= 0.3 is 5.97 Å². The van der Waals surface area contributed by atoms with Gasteiger partial charge in [-0.1, -0.05) is 0 Å². The fourth-order valence-corrected chi connectivity index (χ4v) is 2.37. The van der Waals surface area contributed by atoms with Crippen molar-refractivity contribution < 1.29 is 14.3 Å². The van der Waals surface area contributed by atoms with E-state index in [1.807, 2.05) is 6.07 Å². The van der Waals surface area contributed by atoms with Crippen molar-refractivity contribution in [1.82, 2.24) is 0 Å². The topological polar surface area (TPSA) is 38.8 Å². The molecule has 0 N–H and O–H groups in total. The van der Waals surface area contributed by atoms with E-state index < -0.39 is 0 Å². The molecule has 1 unspecified atom stereocenters. The Kier molecular flexibility index (Phi) is 2.02. The van der Waals surface area contributed by atoms with Crippen molar-refractivity contribution in [3.8, 4) is 5.75 Å². The smallest absolute Gasteiger partial charge is 0.342 e. The van der Waals surface area contributed by atoms with E-state index in [1.165, 1.54) is 0 Å². The first-order valence-electron chi connectivity index (χ1n) is 5.45. The van der Waals surface area contributed by atoms with Crippen LogP contribution in [0.4, 0.5) is 5.69 Å². The normalized spacial score (nSPS) is 22.4. The number of benzene rings is 1. The van der Waals surface area contributed by atoms with Crippen LogP contribution in [0.2, 0.25) is 0 Å². The van der Waals surface area contributed by atoms with Crippen LogP contribution in [0, 0.1) is 0 Å². The molecule has 0 radical (unpaired) electrons. The third-order valence-electron chi connectivity index (χ3n) is 3.18. The molecule has 0 bridgehead atoms. The Bertz CT molecular complexity index is 444. The van der Waals surface area contributed by atoms with E-state index in [0.717, 1.165) is 30.8 Å². The van der Waals surface area contributed by atoms with Crippen LogP contribution in [-0.2, 0) is 4.74 Å². The summed E-state index contributed by atoms with van der Waals surface area (Å²) in [7, 11) is 1.63. The second-order valence-corrected chi connectivity index (χ2v) is 4.08. The largest absolute Gasteiger partial charge is 0.497 e. The summed E-state index contributed by atoms with van der Waals surface area (Å²) < 4.78 is 10.5. The highest BCUT2D eigenvalue weighted by atomic mass is 16.6. The summed E-state index contributed by atoms with van der Waals surface area (Å²) in [6.45, 7) is 0.943. The molecule has 4 heteroatoms. The second kappa shape index (κ2) is 3.40. The van der Waals surface area contributed by atoms with Crippen LogP contribution in [0.5, 0.6) is 5.75 Å². The summed E-state index contributed by atoms with van der Waals surface area (Å²) in [6.07, 6.45) is 1.91. The predicted octanol–water partition coefficient (Wildman–Crippen LogP) is 1.79. The van der Waals surface area contributed by atoms with E-state index in [9.17, 15) is 4.79 Å². The Hall–Kier alpha value is -1.71. The maximum atomic E-state index is 11.7. The third kappa shape index (κ3) is 1.26. The van der Waals surface area contributed by atoms with Crippen LogP contribution in [0.3, 0.4) is 0 Å². The van der Waals surface area contributed by atoms with Gasteiger partial charge in [0.05, 0.1) is 18.4 Å². The lowest BCUT2D eigenvalue weighted by Crippen LogP contribution is -2.38. The van der Waals surface area contributed by atoms with Crippen molar-refractivity contribution in [2.24, 2.45) is 0 Å². The first-order valence-corrected chi connectivity index (χ1v) is 5.45. The van der Waals surface area contributed by atoms with Gasteiger partial charge in [0.2, 0.25) is 0 Å². The van der Waals surface area contributed by atoms with Crippen molar-refractivity contribution in [3.63, 3.8) is 0 Å².